The summed E-state index contributed by atoms with van der Waals surface area (Å²) in [5, 5.41) is 0. The van der Waals surface area contributed by atoms with E-state index in [-0.39, 0.29) is 0 Å². The first kappa shape index (κ1) is 24.1. The van der Waals surface area contributed by atoms with Gasteiger partial charge in [-0.2, -0.15) is 0 Å². The molecule has 0 saturated heterocycles. The molecule has 0 saturated carbocycles. The smallest absolute Gasteiger partial charge is 0.340 e. The molecule has 0 amide bonds. The third-order valence-corrected chi connectivity index (χ3v) is 9.64. The molecule has 0 heterocycles. The Hall–Kier alpha value is 0.137. The molecule has 0 bridgehead atoms. The van der Waals surface area contributed by atoms with Crippen molar-refractivity contribution < 1.29 is 8.85 Å². The predicted molar refractivity (Wildman–Crippen MR) is 110 cm³/mol. The minimum absolute atomic E-state index is 0.537. The fraction of sp³-hybridized carbons (Fsp3) is 1.00. The summed E-state index contributed by atoms with van der Waals surface area (Å²) < 4.78 is 11.6. The third kappa shape index (κ3) is 11.6. The zero-order valence-electron chi connectivity index (χ0n) is 17.5. The quantitative estimate of drug-likeness (QED) is 0.185. The predicted octanol–water partition coefficient (Wildman–Crippen LogP) is 7.61. The van der Waals surface area contributed by atoms with E-state index in [1.807, 2.05) is 14.2 Å². The van der Waals surface area contributed by atoms with E-state index in [1.165, 1.54) is 89.9 Å². The van der Waals surface area contributed by atoms with Gasteiger partial charge in [0.25, 0.3) is 0 Å². The van der Waals surface area contributed by atoms with Gasteiger partial charge < -0.3 is 8.85 Å². The maximum atomic E-state index is 5.78. The van der Waals surface area contributed by atoms with Gasteiger partial charge in [-0.3, -0.25) is 0 Å². The van der Waals surface area contributed by atoms with Crippen molar-refractivity contribution in [2.75, 3.05) is 14.2 Å². The minimum atomic E-state index is -1.92. The van der Waals surface area contributed by atoms with Crippen molar-refractivity contribution in [1.82, 2.24) is 0 Å². The van der Waals surface area contributed by atoms with Crippen LogP contribution in [0.15, 0.2) is 0 Å². The summed E-state index contributed by atoms with van der Waals surface area (Å²) >= 11 is 0. The molecule has 0 aromatic carbocycles. The van der Waals surface area contributed by atoms with Gasteiger partial charge in [0.15, 0.2) is 0 Å². The monoisotopic (exact) mass is 358 g/mol. The zero-order valence-corrected chi connectivity index (χ0v) is 18.5. The molecule has 0 aliphatic heterocycles. The molecule has 0 N–H and O–H groups in total. The van der Waals surface area contributed by atoms with Gasteiger partial charge in [0.1, 0.15) is 0 Å². The van der Waals surface area contributed by atoms with Crippen LogP contribution in [0.25, 0.3) is 0 Å². The Balaban J connectivity index is 3.36. The lowest BCUT2D eigenvalue weighted by atomic mass is 10.0. The summed E-state index contributed by atoms with van der Waals surface area (Å²) in [4.78, 5) is 0. The van der Waals surface area contributed by atoms with Crippen molar-refractivity contribution in [3.63, 3.8) is 0 Å². The van der Waals surface area contributed by atoms with Crippen molar-refractivity contribution in [3.05, 3.63) is 0 Å². The van der Waals surface area contributed by atoms with Gasteiger partial charge in [0.2, 0.25) is 0 Å². The molecule has 0 aromatic rings. The van der Waals surface area contributed by atoms with Gasteiger partial charge in [0.05, 0.1) is 0 Å². The van der Waals surface area contributed by atoms with Gasteiger partial charge >= 0.3 is 8.56 Å². The van der Waals surface area contributed by atoms with Crippen molar-refractivity contribution in [2.24, 2.45) is 0 Å². The van der Waals surface area contributed by atoms with E-state index in [0.29, 0.717) is 5.54 Å². The molecule has 0 radical (unpaired) electrons. The van der Waals surface area contributed by atoms with Crippen molar-refractivity contribution in [2.45, 2.75) is 122 Å². The molecule has 0 aliphatic rings. The van der Waals surface area contributed by atoms with Crippen molar-refractivity contribution in [1.29, 1.82) is 0 Å². The largest absolute Gasteiger partial charge is 0.397 e. The molecule has 146 valence electrons. The molecule has 0 fully saturated rings. The standard InChI is InChI=1S/C21H46O2Si/c1-6-7-8-9-10-11-12-13-14-15-16-17-18-19-20-24(22-4,23-5)21(2)3/h21H,6-20H2,1-5H3. The van der Waals surface area contributed by atoms with Crippen LogP contribution in [0.3, 0.4) is 0 Å². The Morgan fingerprint density at radius 3 is 1.21 bits per heavy atom. The summed E-state index contributed by atoms with van der Waals surface area (Å²) in [5.41, 5.74) is 0.537. The summed E-state index contributed by atoms with van der Waals surface area (Å²) in [5.74, 6) is 0. The van der Waals surface area contributed by atoms with Crippen LogP contribution >= 0.6 is 0 Å². The first-order valence-electron chi connectivity index (χ1n) is 10.7. The molecular formula is C21H46O2Si. The van der Waals surface area contributed by atoms with Crippen LogP contribution in [-0.4, -0.2) is 22.8 Å². The van der Waals surface area contributed by atoms with Crippen LogP contribution in [0.2, 0.25) is 11.6 Å². The molecule has 0 rings (SSSR count). The van der Waals surface area contributed by atoms with Gasteiger partial charge in [-0.1, -0.05) is 111 Å². The van der Waals surface area contributed by atoms with Gasteiger partial charge in [-0.05, 0) is 11.6 Å². The number of hydrogen-bond acceptors (Lipinski definition) is 2. The molecule has 0 atom stereocenters. The van der Waals surface area contributed by atoms with Crippen LogP contribution in [-0.2, 0) is 8.85 Å². The van der Waals surface area contributed by atoms with E-state index < -0.39 is 8.56 Å². The molecular weight excluding hydrogens is 312 g/mol. The molecule has 2 nitrogen and oxygen atoms in total. The average molecular weight is 359 g/mol. The third-order valence-electron chi connectivity index (χ3n) is 5.45. The number of unbranched alkanes of at least 4 members (excludes halogenated alkanes) is 13. The van der Waals surface area contributed by atoms with E-state index in [4.69, 9.17) is 8.85 Å². The highest BCUT2D eigenvalue weighted by Gasteiger charge is 2.38. The van der Waals surface area contributed by atoms with E-state index in [0.717, 1.165) is 6.04 Å². The van der Waals surface area contributed by atoms with Gasteiger partial charge in [-0.25, -0.2) is 0 Å². The highest BCUT2D eigenvalue weighted by Crippen LogP contribution is 2.28. The van der Waals surface area contributed by atoms with E-state index >= 15 is 0 Å². The van der Waals surface area contributed by atoms with Crippen LogP contribution < -0.4 is 0 Å². The summed E-state index contributed by atoms with van der Waals surface area (Å²) in [6.45, 7) is 6.77. The second-order valence-corrected chi connectivity index (χ2v) is 11.8. The molecule has 0 unspecified atom stereocenters. The normalized spacial score (nSPS) is 12.2. The maximum absolute atomic E-state index is 5.78. The molecule has 0 spiro atoms. The number of rotatable bonds is 18. The number of hydrogen-bond donors (Lipinski definition) is 0. The lowest BCUT2D eigenvalue weighted by Crippen LogP contribution is -2.43. The summed E-state index contributed by atoms with van der Waals surface area (Å²) in [7, 11) is 1.74. The zero-order chi connectivity index (χ0) is 18.1. The average Bonchev–Trinajstić information content (AvgIpc) is 2.58. The SMILES string of the molecule is CCCCCCCCCCCCCCCC[Si](OC)(OC)C(C)C. The minimum Gasteiger partial charge on any atom is -0.397 e. The highest BCUT2D eigenvalue weighted by molar-refractivity contribution is 6.68. The van der Waals surface area contributed by atoms with Gasteiger partial charge in [-0.15, -0.1) is 0 Å². The Morgan fingerprint density at radius 2 is 0.917 bits per heavy atom. The second-order valence-electron chi connectivity index (χ2n) is 7.72. The highest BCUT2D eigenvalue weighted by atomic mass is 28.4. The Bertz CT molecular complexity index is 252. The van der Waals surface area contributed by atoms with Crippen LogP contribution in [0, 0.1) is 0 Å². The second kappa shape index (κ2) is 16.6. The fourth-order valence-corrected chi connectivity index (χ4v) is 6.45. The summed E-state index contributed by atoms with van der Waals surface area (Å²) in [6.07, 6.45) is 19.8. The molecule has 0 aliphatic carbocycles. The molecule has 24 heavy (non-hydrogen) atoms. The Labute approximate surface area is 154 Å². The lowest BCUT2D eigenvalue weighted by molar-refractivity contribution is 0.231. The van der Waals surface area contributed by atoms with Crippen LogP contribution in [0.4, 0.5) is 0 Å². The summed E-state index contributed by atoms with van der Waals surface area (Å²) in [6, 6.07) is 1.15. The van der Waals surface area contributed by atoms with Gasteiger partial charge in [0, 0.05) is 14.2 Å². The van der Waals surface area contributed by atoms with Crippen LogP contribution in [0.5, 0.6) is 0 Å². The van der Waals surface area contributed by atoms with E-state index in [9.17, 15) is 0 Å². The first-order valence-corrected chi connectivity index (χ1v) is 12.8. The maximum Gasteiger partial charge on any atom is 0.340 e. The lowest BCUT2D eigenvalue weighted by Gasteiger charge is -2.31. The fourth-order valence-electron chi connectivity index (χ4n) is 3.61. The Morgan fingerprint density at radius 1 is 0.583 bits per heavy atom. The van der Waals surface area contributed by atoms with Crippen molar-refractivity contribution in [3.8, 4) is 0 Å². The van der Waals surface area contributed by atoms with Crippen molar-refractivity contribution >= 4 is 8.56 Å². The Kier molecular flexibility index (Phi) is 16.7. The van der Waals surface area contributed by atoms with E-state index in [1.54, 1.807) is 0 Å². The molecule has 0 aromatic heterocycles. The topological polar surface area (TPSA) is 18.5 Å². The van der Waals surface area contributed by atoms with E-state index in [2.05, 4.69) is 20.8 Å². The van der Waals surface area contributed by atoms with Crippen LogP contribution in [0.1, 0.15) is 111 Å². The first-order chi connectivity index (χ1) is 11.6. The molecule has 3 heteroatoms.